The zero-order valence-electron chi connectivity index (χ0n) is 14.0. The first kappa shape index (κ1) is 18.9. The van der Waals surface area contributed by atoms with Crippen molar-refractivity contribution in [3.8, 4) is 5.75 Å². The third kappa shape index (κ3) is 4.09. The van der Waals surface area contributed by atoms with Gasteiger partial charge in [-0.25, -0.2) is 8.42 Å². The van der Waals surface area contributed by atoms with Crippen molar-refractivity contribution >= 4 is 43.5 Å². The van der Waals surface area contributed by atoms with Crippen LogP contribution in [0.1, 0.15) is 0 Å². The molecule has 0 saturated heterocycles. The van der Waals surface area contributed by atoms with Crippen LogP contribution < -0.4 is 15.4 Å². The number of carbonyl (C=O) groups is 1. The van der Waals surface area contributed by atoms with Crippen molar-refractivity contribution in [2.24, 2.45) is 4.40 Å². The van der Waals surface area contributed by atoms with Gasteiger partial charge in [-0.1, -0.05) is 6.07 Å². The lowest BCUT2D eigenvalue weighted by Gasteiger charge is -2.13. The Morgan fingerprint density at radius 3 is 2.74 bits per heavy atom. The Bertz CT molecular complexity index is 1140. The van der Waals surface area contributed by atoms with Gasteiger partial charge in [-0.15, -0.1) is 4.40 Å². The second kappa shape index (κ2) is 7.00. The number of ether oxygens (including phenoxy) is 1. The molecular weight excluding hydrogens is 394 g/mol. The van der Waals surface area contributed by atoms with Crippen LogP contribution in [0.4, 0.5) is 11.4 Å². The molecule has 0 unspecified atom stereocenters. The molecule has 0 aliphatic carbocycles. The first-order valence-electron chi connectivity index (χ1n) is 7.57. The molecule has 0 atom stereocenters. The Morgan fingerprint density at radius 1 is 1.22 bits per heavy atom. The average molecular weight is 409 g/mol. The molecule has 142 valence electrons. The van der Waals surface area contributed by atoms with Crippen LogP contribution in [0.3, 0.4) is 0 Å². The Balaban J connectivity index is 1.82. The molecule has 9 nitrogen and oxygen atoms in total. The van der Waals surface area contributed by atoms with Crippen LogP contribution in [0.2, 0.25) is 0 Å². The van der Waals surface area contributed by atoms with Crippen molar-refractivity contribution < 1.29 is 26.4 Å². The Morgan fingerprint density at radius 2 is 2.00 bits per heavy atom. The lowest BCUT2D eigenvalue weighted by atomic mass is 10.3. The molecule has 11 heteroatoms. The second-order valence-electron chi connectivity index (χ2n) is 5.55. The van der Waals surface area contributed by atoms with Crippen LogP contribution in [0, 0.1) is 0 Å². The minimum absolute atomic E-state index is 0.213. The first-order chi connectivity index (χ1) is 12.7. The van der Waals surface area contributed by atoms with Crippen molar-refractivity contribution in [2.45, 2.75) is 9.79 Å². The highest BCUT2D eigenvalue weighted by molar-refractivity contribution is 7.92. The van der Waals surface area contributed by atoms with E-state index in [9.17, 15) is 21.6 Å². The zero-order valence-corrected chi connectivity index (χ0v) is 15.7. The maximum Gasteiger partial charge on any atom is 0.285 e. The molecule has 0 radical (unpaired) electrons. The molecule has 0 spiro atoms. The van der Waals surface area contributed by atoms with Gasteiger partial charge in [-0.2, -0.15) is 8.42 Å². The lowest BCUT2D eigenvalue weighted by Crippen LogP contribution is -2.23. The number of rotatable bonds is 5. The van der Waals surface area contributed by atoms with Crippen molar-refractivity contribution in [1.82, 2.24) is 0 Å². The smallest absolute Gasteiger partial charge is 0.285 e. The van der Waals surface area contributed by atoms with Crippen LogP contribution in [-0.4, -0.2) is 41.9 Å². The summed E-state index contributed by atoms with van der Waals surface area (Å²) in [4.78, 5) is 11.6. The second-order valence-corrected chi connectivity index (χ2v) is 9.14. The molecule has 1 aliphatic rings. The van der Waals surface area contributed by atoms with E-state index in [1.165, 1.54) is 19.2 Å². The summed E-state index contributed by atoms with van der Waals surface area (Å²) in [6.07, 6.45) is 1.01. The summed E-state index contributed by atoms with van der Waals surface area (Å²) in [6, 6.07) is 9.98. The Labute approximate surface area is 156 Å². The molecule has 2 aromatic rings. The third-order valence-corrected chi connectivity index (χ3v) is 6.57. The van der Waals surface area contributed by atoms with Crippen LogP contribution in [0.25, 0.3) is 0 Å². The van der Waals surface area contributed by atoms with Gasteiger partial charge in [0.1, 0.15) is 22.7 Å². The van der Waals surface area contributed by atoms with E-state index in [-0.39, 0.29) is 15.5 Å². The summed E-state index contributed by atoms with van der Waals surface area (Å²) in [6.45, 7) is 0. The van der Waals surface area contributed by atoms with E-state index in [0.717, 1.165) is 12.4 Å². The average Bonchev–Trinajstić information content (AvgIpc) is 2.61. The molecule has 2 aromatic carbocycles. The van der Waals surface area contributed by atoms with Crippen molar-refractivity contribution in [3.05, 3.63) is 42.5 Å². The van der Waals surface area contributed by atoms with Crippen molar-refractivity contribution in [1.29, 1.82) is 0 Å². The highest BCUT2D eigenvalue weighted by atomic mass is 32.2. The van der Waals surface area contributed by atoms with Gasteiger partial charge < -0.3 is 15.4 Å². The van der Waals surface area contributed by atoms with E-state index >= 15 is 0 Å². The van der Waals surface area contributed by atoms with Crippen molar-refractivity contribution in [2.75, 3.05) is 23.5 Å². The lowest BCUT2D eigenvalue weighted by molar-refractivity contribution is -0.113. The highest BCUT2D eigenvalue weighted by Crippen LogP contribution is 2.28. The summed E-state index contributed by atoms with van der Waals surface area (Å²) in [5.74, 6) is -1.11. The topological polar surface area (TPSA) is 131 Å². The third-order valence-electron chi connectivity index (χ3n) is 3.68. The monoisotopic (exact) mass is 409 g/mol. The van der Waals surface area contributed by atoms with Crippen LogP contribution in [0.15, 0.2) is 56.7 Å². The number of fused-ring (bicyclic) bond motifs is 1. The molecule has 0 bridgehead atoms. The molecular formula is C16H15N3O6S2. The van der Waals surface area contributed by atoms with Crippen LogP contribution >= 0.6 is 0 Å². The van der Waals surface area contributed by atoms with Gasteiger partial charge in [0.05, 0.1) is 17.7 Å². The van der Waals surface area contributed by atoms with E-state index in [2.05, 4.69) is 15.0 Å². The molecule has 0 fully saturated rings. The molecule has 2 N–H and O–H groups in total. The molecule has 1 heterocycles. The van der Waals surface area contributed by atoms with E-state index in [1.54, 1.807) is 24.3 Å². The number of nitrogens with zero attached hydrogens (tertiary/aromatic N) is 1. The van der Waals surface area contributed by atoms with Gasteiger partial charge in [0.25, 0.3) is 10.0 Å². The molecule has 27 heavy (non-hydrogen) atoms. The maximum atomic E-state index is 12.5. The minimum atomic E-state index is -4.07. The maximum absolute atomic E-state index is 12.5. The number of amides is 1. The number of methoxy groups -OCH3 is 1. The summed E-state index contributed by atoms with van der Waals surface area (Å²) >= 11 is 0. The number of sulfone groups is 1. The predicted octanol–water partition coefficient (Wildman–Crippen LogP) is 1.25. The fraction of sp³-hybridized carbons (Fsp3) is 0.125. The zero-order chi connectivity index (χ0) is 19.7. The van der Waals surface area contributed by atoms with E-state index < -0.39 is 31.5 Å². The highest BCUT2D eigenvalue weighted by Gasteiger charge is 2.26. The van der Waals surface area contributed by atoms with E-state index in [0.29, 0.717) is 11.4 Å². The predicted molar refractivity (Wildman–Crippen MR) is 99.4 cm³/mol. The van der Waals surface area contributed by atoms with Gasteiger partial charge in [-0.05, 0) is 30.3 Å². The number of sulfonamides is 1. The number of hydrogen-bond donors (Lipinski definition) is 2. The largest absolute Gasteiger partial charge is 0.497 e. The quantitative estimate of drug-likeness (QED) is 0.760. The Kier molecular flexibility index (Phi) is 4.89. The molecule has 1 amide bonds. The number of anilines is 2. The summed E-state index contributed by atoms with van der Waals surface area (Å²) in [7, 11) is -6.58. The number of nitrogens with one attached hydrogen (secondary N) is 2. The molecule has 3 rings (SSSR count). The van der Waals surface area contributed by atoms with Gasteiger partial charge in [-0.3, -0.25) is 4.79 Å². The molecule has 1 aliphatic heterocycles. The van der Waals surface area contributed by atoms with Gasteiger partial charge in [0.2, 0.25) is 5.91 Å². The summed E-state index contributed by atoms with van der Waals surface area (Å²) in [5.41, 5.74) is 0.589. The van der Waals surface area contributed by atoms with E-state index in [4.69, 9.17) is 4.74 Å². The first-order valence-corrected chi connectivity index (χ1v) is 10.7. The van der Waals surface area contributed by atoms with Gasteiger partial charge >= 0.3 is 0 Å². The Hall–Kier alpha value is -2.92. The van der Waals surface area contributed by atoms with Gasteiger partial charge in [0.15, 0.2) is 9.84 Å². The number of carbonyl (C=O) groups excluding carboxylic acids is 1. The summed E-state index contributed by atoms with van der Waals surface area (Å²) < 4.78 is 57.3. The van der Waals surface area contributed by atoms with Crippen LogP contribution in [-0.2, 0) is 24.7 Å². The number of benzene rings is 2. The molecule has 0 saturated carbocycles. The normalized spacial score (nSPS) is 14.7. The summed E-state index contributed by atoms with van der Waals surface area (Å²) in [5, 5.41) is 5.09. The number of hydrogen-bond acceptors (Lipinski definition) is 7. The fourth-order valence-electron chi connectivity index (χ4n) is 2.40. The standard InChI is InChI=1S/C16H15N3O6S2/c1-25-12-4-2-3-11(7-12)19-16(20)9-26(21,22)13-5-6-14-15(8-13)27(23,24)18-10-17-14/h2-8,10H,9H2,1H3,(H,17,18)(H,19,20). The SMILES string of the molecule is COc1cccc(NC(=O)CS(=O)(=O)c2ccc3c(c2)S(=O)(=O)N=CN3)c1. The van der Waals surface area contributed by atoms with Gasteiger partial charge in [0, 0.05) is 11.8 Å². The minimum Gasteiger partial charge on any atom is -0.497 e. The fourth-order valence-corrected chi connectivity index (χ4v) is 4.62. The molecule has 0 aromatic heterocycles. The van der Waals surface area contributed by atoms with Crippen molar-refractivity contribution in [3.63, 3.8) is 0 Å². The van der Waals surface area contributed by atoms with E-state index in [1.807, 2.05) is 0 Å². The van der Waals surface area contributed by atoms with Crippen LogP contribution in [0.5, 0.6) is 5.75 Å².